The molecule has 0 saturated carbocycles. The maximum Gasteiger partial charge on any atom is 0.0412 e. The molecule has 1 N–H and O–H groups in total. The fraction of sp³-hybridized carbons (Fsp3) is 0.143. The van der Waals surface area contributed by atoms with Crippen LogP contribution in [0.3, 0.4) is 0 Å². The van der Waals surface area contributed by atoms with E-state index in [9.17, 15) is 0 Å². The van der Waals surface area contributed by atoms with Crippen LogP contribution in [-0.4, -0.2) is 15.2 Å². The Bertz CT molecular complexity index is 355. The van der Waals surface area contributed by atoms with Crippen molar-refractivity contribution in [2.24, 2.45) is 0 Å². The molecular weight excluding hydrogens is 312 g/mol. The second-order valence-corrected chi connectivity index (χ2v) is 2.24. The van der Waals surface area contributed by atoms with Gasteiger partial charge in [0, 0.05) is 32.3 Å². The van der Waals surface area contributed by atoms with Crippen molar-refractivity contribution in [3.63, 3.8) is 0 Å². The second kappa shape index (κ2) is 3.12. The summed E-state index contributed by atoms with van der Waals surface area (Å²) in [5.41, 5.74) is 1.93. The monoisotopic (exact) mass is 319 g/mol. The van der Waals surface area contributed by atoms with Gasteiger partial charge >= 0.3 is 0 Å². The molecule has 0 aromatic carbocycles. The van der Waals surface area contributed by atoms with E-state index in [2.05, 4.69) is 21.4 Å². The van der Waals surface area contributed by atoms with Gasteiger partial charge in [0.2, 0.25) is 0 Å². The molecule has 4 heteroatoms. The van der Waals surface area contributed by atoms with E-state index >= 15 is 0 Å². The topological polar surface area (TPSA) is 41.6 Å². The number of hydrogen-bond donors (Lipinski definition) is 1. The van der Waals surface area contributed by atoms with Crippen molar-refractivity contribution in [2.75, 3.05) is 0 Å². The molecule has 0 aliphatic rings. The van der Waals surface area contributed by atoms with Gasteiger partial charge in [-0.1, -0.05) is 5.56 Å². The minimum atomic E-state index is 0. The fourth-order valence-electron chi connectivity index (χ4n) is 0.885. The Kier molecular flexibility index (Phi) is 2.38. The van der Waals surface area contributed by atoms with Crippen molar-refractivity contribution in [2.45, 2.75) is 6.92 Å². The summed E-state index contributed by atoms with van der Waals surface area (Å²) in [6.07, 6.45) is 4.59. The molecule has 1 radical (unpaired) electrons. The van der Waals surface area contributed by atoms with Crippen LogP contribution in [0.2, 0.25) is 0 Å². The van der Waals surface area contributed by atoms with Crippen LogP contribution in [0.15, 0.2) is 12.3 Å². The maximum atomic E-state index is 4.09. The molecule has 2 heterocycles. The molecule has 2 rings (SSSR count). The first kappa shape index (κ1) is 8.38. The number of H-pyrrole nitrogens is 1. The Morgan fingerprint density at radius 3 is 3.18 bits per heavy atom. The first-order valence-electron chi connectivity index (χ1n) is 3.05. The smallest absolute Gasteiger partial charge is 0.0412 e. The Balaban J connectivity index is 0.000000605. The molecule has 2 aromatic rings. The van der Waals surface area contributed by atoms with Crippen LogP contribution in [0, 0.1) is 13.1 Å². The van der Waals surface area contributed by atoms with E-state index in [4.69, 9.17) is 0 Å². The van der Waals surface area contributed by atoms with Crippen LogP contribution in [0.5, 0.6) is 0 Å². The van der Waals surface area contributed by atoms with E-state index in [1.165, 1.54) is 0 Å². The number of nitrogens with one attached hydrogen (secondary N) is 1. The second-order valence-electron chi connectivity index (χ2n) is 2.24. The number of aromatic nitrogens is 3. The normalized spacial score (nSPS) is 9.55. The summed E-state index contributed by atoms with van der Waals surface area (Å²) in [7, 11) is 0. The SMILES string of the molecule is Cc1cnc2[nH]n[c-]c2c1.[Re]. The Morgan fingerprint density at radius 1 is 1.55 bits per heavy atom. The largest absolute Gasteiger partial charge is 0.327 e. The quantitative estimate of drug-likeness (QED) is 0.738. The number of pyridine rings is 1. The number of fused-ring (bicyclic) bond motifs is 1. The number of hydrogen-bond acceptors (Lipinski definition) is 2. The first-order chi connectivity index (χ1) is 4.86. The van der Waals surface area contributed by atoms with E-state index in [1.807, 2.05) is 13.0 Å². The Hall–Kier alpha value is -0.718. The van der Waals surface area contributed by atoms with E-state index < -0.39 is 0 Å². The summed E-state index contributed by atoms with van der Waals surface area (Å²) in [6, 6.07) is 1.99. The number of nitrogens with zero attached hydrogens (tertiary/aromatic N) is 2. The van der Waals surface area contributed by atoms with Crippen LogP contribution in [-0.2, 0) is 20.4 Å². The van der Waals surface area contributed by atoms with Crippen LogP contribution < -0.4 is 0 Å². The third-order valence-corrected chi connectivity index (χ3v) is 1.36. The summed E-state index contributed by atoms with van der Waals surface area (Å²) in [5, 5.41) is 7.40. The summed E-state index contributed by atoms with van der Waals surface area (Å²) in [5.74, 6) is 0. The summed E-state index contributed by atoms with van der Waals surface area (Å²) >= 11 is 0. The predicted molar refractivity (Wildman–Crippen MR) is 37.5 cm³/mol. The molecule has 0 spiro atoms. The molecule has 2 aromatic heterocycles. The molecule has 0 unspecified atom stereocenters. The number of rotatable bonds is 0. The molecule has 0 atom stereocenters. The van der Waals surface area contributed by atoms with Crippen molar-refractivity contribution in [3.05, 3.63) is 24.0 Å². The predicted octanol–water partition coefficient (Wildman–Crippen LogP) is 1.06. The van der Waals surface area contributed by atoms with Gasteiger partial charge in [-0.2, -0.15) is 6.07 Å². The molecule has 0 saturated heterocycles. The Morgan fingerprint density at radius 2 is 2.36 bits per heavy atom. The van der Waals surface area contributed by atoms with Crippen LogP contribution in [0.25, 0.3) is 11.0 Å². The first-order valence-corrected chi connectivity index (χ1v) is 3.05. The molecule has 0 bridgehead atoms. The van der Waals surface area contributed by atoms with Gasteiger partial charge in [-0.25, -0.2) is 0 Å². The van der Waals surface area contributed by atoms with Gasteiger partial charge in [0.05, 0.1) is 0 Å². The van der Waals surface area contributed by atoms with Crippen LogP contribution in [0.1, 0.15) is 5.56 Å². The maximum absolute atomic E-state index is 4.09. The standard InChI is InChI=1S/C7H6N3.Re/c1-5-2-6-4-9-10-7(6)8-3-5;/h2-3H,1H3,(H,8,9,10);/q-1;. The zero-order chi connectivity index (χ0) is 6.97. The fourth-order valence-corrected chi connectivity index (χ4v) is 0.885. The average Bonchev–Trinajstić information content (AvgIpc) is 2.33. The average molecular weight is 318 g/mol. The van der Waals surface area contributed by atoms with E-state index in [-0.39, 0.29) is 20.4 Å². The minimum Gasteiger partial charge on any atom is -0.327 e. The number of aryl methyl sites for hydroxylation is 1. The molecule has 0 aliphatic carbocycles. The van der Waals surface area contributed by atoms with Crippen LogP contribution in [0.4, 0.5) is 0 Å². The summed E-state index contributed by atoms with van der Waals surface area (Å²) in [6.45, 7) is 1.99. The summed E-state index contributed by atoms with van der Waals surface area (Å²) < 4.78 is 0. The minimum absolute atomic E-state index is 0. The van der Waals surface area contributed by atoms with Crippen molar-refractivity contribution >= 4 is 11.0 Å². The van der Waals surface area contributed by atoms with Crippen LogP contribution >= 0.6 is 0 Å². The van der Waals surface area contributed by atoms with Crippen molar-refractivity contribution in [3.8, 4) is 0 Å². The van der Waals surface area contributed by atoms with Gasteiger partial charge in [0.1, 0.15) is 0 Å². The van der Waals surface area contributed by atoms with Crippen molar-refractivity contribution in [1.82, 2.24) is 15.2 Å². The zero-order valence-electron chi connectivity index (χ0n) is 5.93. The molecule has 57 valence electrons. The van der Waals surface area contributed by atoms with Gasteiger partial charge in [0.15, 0.2) is 0 Å². The van der Waals surface area contributed by atoms with E-state index in [0.717, 1.165) is 16.6 Å². The van der Waals surface area contributed by atoms with Gasteiger partial charge in [-0.15, -0.1) is 5.39 Å². The molecule has 0 aliphatic heterocycles. The van der Waals surface area contributed by atoms with E-state index in [1.54, 1.807) is 6.20 Å². The van der Waals surface area contributed by atoms with Crippen molar-refractivity contribution < 1.29 is 20.4 Å². The summed E-state index contributed by atoms with van der Waals surface area (Å²) in [4.78, 5) is 4.09. The molecular formula is C7H6N3Re-. The molecule has 11 heavy (non-hydrogen) atoms. The van der Waals surface area contributed by atoms with E-state index in [0.29, 0.717) is 0 Å². The van der Waals surface area contributed by atoms with Crippen molar-refractivity contribution in [1.29, 1.82) is 0 Å². The molecule has 0 amide bonds. The zero-order valence-corrected chi connectivity index (χ0v) is 8.64. The number of aromatic amines is 1. The Labute approximate surface area is 77.9 Å². The van der Waals surface area contributed by atoms with Gasteiger partial charge in [-0.05, 0) is 13.1 Å². The third-order valence-electron chi connectivity index (χ3n) is 1.36. The van der Waals surface area contributed by atoms with Gasteiger partial charge in [-0.3, -0.25) is 5.10 Å². The third kappa shape index (κ3) is 1.47. The van der Waals surface area contributed by atoms with Gasteiger partial charge in [0.25, 0.3) is 0 Å². The van der Waals surface area contributed by atoms with Gasteiger partial charge < -0.3 is 10.1 Å². The molecule has 3 nitrogen and oxygen atoms in total. The molecule has 0 fully saturated rings.